The number of rotatable bonds is 4. The molecule has 124 valence electrons. The van der Waals surface area contributed by atoms with E-state index < -0.39 is 16.1 Å². The Hall–Kier alpha value is -0.410. The Bertz CT molecular complexity index is 440. The summed E-state index contributed by atoms with van der Waals surface area (Å²) in [5.41, 5.74) is 0. The Morgan fingerprint density at radius 3 is 2.81 bits per heavy atom. The molecule has 0 radical (unpaired) electrons. The van der Waals surface area contributed by atoms with Crippen molar-refractivity contribution in [3.63, 3.8) is 0 Å². The third kappa shape index (κ3) is 5.71. The van der Waals surface area contributed by atoms with E-state index in [-0.39, 0.29) is 30.9 Å². The van der Waals surface area contributed by atoms with Crippen LogP contribution in [0.5, 0.6) is 0 Å². The first-order chi connectivity index (χ1) is 9.47. The van der Waals surface area contributed by atoms with Crippen molar-refractivity contribution in [1.82, 2.24) is 14.9 Å². The number of piperidine rings is 1. The van der Waals surface area contributed by atoms with Crippen molar-refractivity contribution in [3.8, 4) is 0 Å². The normalized spacial score (nSPS) is 27.0. The van der Waals surface area contributed by atoms with Gasteiger partial charge in [-0.25, -0.2) is 13.1 Å². The fourth-order valence-electron chi connectivity index (χ4n) is 2.66. The summed E-state index contributed by atoms with van der Waals surface area (Å²) in [7, 11) is -3.23. The van der Waals surface area contributed by atoms with Crippen molar-refractivity contribution in [3.05, 3.63) is 0 Å². The maximum absolute atomic E-state index is 12.5. The SMILES string of the molecule is CS(=O)(=O)NCC1CCCCN1C(=O)C1CNCCO1.Cl. The number of halogens is 1. The van der Waals surface area contributed by atoms with Crippen molar-refractivity contribution >= 4 is 28.3 Å². The number of sulfonamides is 1. The second-order valence-corrected chi connectivity index (χ2v) is 7.20. The van der Waals surface area contributed by atoms with Crippen LogP contribution in [0.3, 0.4) is 0 Å². The van der Waals surface area contributed by atoms with Gasteiger partial charge >= 0.3 is 0 Å². The number of likely N-dealkylation sites (tertiary alicyclic amines) is 1. The zero-order chi connectivity index (χ0) is 14.6. The lowest BCUT2D eigenvalue weighted by atomic mass is 10.0. The summed E-state index contributed by atoms with van der Waals surface area (Å²) < 4.78 is 30.4. The lowest BCUT2D eigenvalue weighted by Gasteiger charge is -2.38. The molecular formula is C12H24ClN3O4S. The highest BCUT2D eigenvalue weighted by atomic mass is 35.5. The highest BCUT2D eigenvalue weighted by molar-refractivity contribution is 7.88. The van der Waals surface area contributed by atoms with Gasteiger partial charge in [0.05, 0.1) is 12.9 Å². The predicted octanol–water partition coefficient (Wildman–Crippen LogP) is -0.673. The van der Waals surface area contributed by atoms with Gasteiger partial charge < -0.3 is 15.0 Å². The summed E-state index contributed by atoms with van der Waals surface area (Å²) in [5, 5.41) is 3.14. The molecule has 0 spiro atoms. The van der Waals surface area contributed by atoms with Gasteiger partial charge in [0.2, 0.25) is 10.0 Å². The Morgan fingerprint density at radius 1 is 1.43 bits per heavy atom. The molecule has 21 heavy (non-hydrogen) atoms. The molecule has 2 aliphatic rings. The minimum atomic E-state index is -3.23. The first kappa shape index (κ1) is 18.6. The van der Waals surface area contributed by atoms with E-state index in [4.69, 9.17) is 4.74 Å². The summed E-state index contributed by atoms with van der Waals surface area (Å²) in [6.45, 7) is 2.79. The molecule has 9 heteroatoms. The number of hydrogen-bond donors (Lipinski definition) is 2. The minimum absolute atomic E-state index is 0. The van der Waals surface area contributed by atoms with Crippen molar-refractivity contribution in [1.29, 1.82) is 0 Å². The largest absolute Gasteiger partial charge is 0.366 e. The number of nitrogens with one attached hydrogen (secondary N) is 2. The zero-order valence-electron chi connectivity index (χ0n) is 12.2. The molecule has 0 aromatic carbocycles. The van der Waals surface area contributed by atoms with E-state index in [1.54, 1.807) is 4.90 Å². The van der Waals surface area contributed by atoms with E-state index >= 15 is 0 Å². The molecule has 7 nitrogen and oxygen atoms in total. The number of ether oxygens (including phenoxy) is 1. The lowest BCUT2D eigenvalue weighted by molar-refractivity contribution is -0.148. The van der Waals surface area contributed by atoms with Crippen LogP contribution in [-0.4, -0.2) is 70.4 Å². The van der Waals surface area contributed by atoms with Crippen LogP contribution >= 0.6 is 12.4 Å². The van der Waals surface area contributed by atoms with Gasteiger partial charge in [-0.1, -0.05) is 0 Å². The first-order valence-electron chi connectivity index (χ1n) is 7.05. The standard InChI is InChI=1S/C12H23N3O4S.ClH/c1-20(17,18)14-8-10-4-2-3-6-15(10)12(16)11-9-13-5-7-19-11;/h10-11,13-14H,2-9H2,1H3;1H. The van der Waals surface area contributed by atoms with Gasteiger partial charge in [-0.2, -0.15) is 0 Å². The van der Waals surface area contributed by atoms with Crippen molar-refractivity contribution in [2.45, 2.75) is 31.4 Å². The van der Waals surface area contributed by atoms with E-state index in [9.17, 15) is 13.2 Å². The van der Waals surface area contributed by atoms with Crippen LogP contribution in [0.15, 0.2) is 0 Å². The van der Waals surface area contributed by atoms with E-state index in [0.29, 0.717) is 19.7 Å². The second-order valence-electron chi connectivity index (χ2n) is 5.37. The van der Waals surface area contributed by atoms with Crippen LogP contribution in [0.25, 0.3) is 0 Å². The van der Waals surface area contributed by atoms with Gasteiger partial charge in [-0.05, 0) is 19.3 Å². The molecule has 2 fully saturated rings. The highest BCUT2D eigenvalue weighted by Crippen LogP contribution is 2.18. The van der Waals surface area contributed by atoms with Crippen LogP contribution in [0, 0.1) is 0 Å². The number of amides is 1. The van der Waals surface area contributed by atoms with Gasteiger partial charge in [-0.15, -0.1) is 12.4 Å². The molecule has 0 aromatic rings. The summed E-state index contributed by atoms with van der Waals surface area (Å²) in [4.78, 5) is 14.2. The van der Waals surface area contributed by atoms with Gasteiger partial charge in [0.15, 0.2) is 0 Å². The maximum Gasteiger partial charge on any atom is 0.253 e. The maximum atomic E-state index is 12.5. The average molecular weight is 342 g/mol. The van der Waals surface area contributed by atoms with Gasteiger partial charge in [0, 0.05) is 32.2 Å². The van der Waals surface area contributed by atoms with Crippen LogP contribution in [-0.2, 0) is 19.6 Å². The molecule has 1 amide bonds. The Kier molecular flexibility index (Phi) is 7.35. The monoisotopic (exact) mass is 341 g/mol. The fourth-order valence-corrected chi connectivity index (χ4v) is 3.15. The number of carbonyl (C=O) groups excluding carboxylic acids is 1. The second kappa shape index (κ2) is 8.28. The Labute approximate surface area is 132 Å². The number of carbonyl (C=O) groups is 1. The number of morpholine rings is 1. The average Bonchev–Trinajstić information content (AvgIpc) is 2.45. The topological polar surface area (TPSA) is 87.7 Å². The van der Waals surface area contributed by atoms with Crippen LogP contribution < -0.4 is 10.0 Å². The Morgan fingerprint density at radius 2 is 2.19 bits per heavy atom. The smallest absolute Gasteiger partial charge is 0.253 e. The molecule has 2 saturated heterocycles. The highest BCUT2D eigenvalue weighted by Gasteiger charge is 2.33. The first-order valence-corrected chi connectivity index (χ1v) is 8.94. The fraction of sp³-hybridized carbons (Fsp3) is 0.917. The zero-order valence-corrected chi connectivity index (χ0v) is 13.8. The molecular weight excluding hydrogens is 318 g/mol. The molecule has 0 aromatic heterocycles. The van der Waals surface area contributed by atoms with E-state index in [2.05, 4.69) is 10.0 Å². The van der Waals surface area contributed by atoms with Crippen molar-refractivity contribution in [2.75, 3.05) is 39.0 Å². The van der Waals surface area contributed by atoms with Crippen LogP contribution in [0.2, 0.25) is 0 Å². The molecule has 2 N–H and O–H groups in total. The number of nitrogens with zero attached hydrogens (tertiary/aromatic N) is 1. The third-order valence-corrected chi connectivity index (χ3v) is 4.39. The molecule has 0 aliphatic carbocycles. The van der Waals surface area contributed by atoms with E-state index in [0.717, 1.165) is 32.1 Å². The van der Waals surface area contributed by atoms with Gasteiger partial charge in [-0.3, -0.25) is 4.79 Å². The summed E-state index contributed by atoms with van der Waals surface area (Å²) in [5.74, 6) is -0.0304. The molecule has 2 rings (SSSR count). The third-order valence-electron chi connectivity index (χ3n) is 3.69. The minimum Gasteiger partial charge on any atom is -0.366 e. The molecule has 2 aliphatic heterocycles. The molecule has 2 heterocycles. The summed E-state index contributed by atoms with van der Waals surface area (Å²) in [6.07, 6.45) is 3.50. The van der Waals surface area contributed by atoms with E-state index in [1.807, 2.05) is 0 Å². The van der Waals surface area contributed by atoms with Gasteiger partial charge in [0.25, 0.3) is 5.91 Å². The van der Waals surface area contributed by atoms with Gasteiger partial charge in [0.1, 0.15) is 6.10 Å². The summed E-state index contributed by atoms with van der Waals surface area (Å²) in [6, 6.07) is -0.0727. The molecule has 2 atom stereocenters. The number of hydrogen-bond acceptors (Lipinski definition) is 5. The van der Waals surface area contributed by atoms with Crippen LogP contribution in [0.1, 0.15) is 19.3 Å². The van der Waals surface area contributed by atoms with E-state index in [1.165, 1.54) is 0 Å². The quantitative estimate of drug-likeness (QED) is 0.708. The molecule has 0 bridgehead atoms. The van der Waals surface area contributed by atoms with Crippen molar-refractivity contribution < 1.29 is 17.9 Å². The lowest BCUT2D eigenvalue weighted by Crippen LogP contribution is -2.56. The molecule has 0 saturated carbocycles. The molecule has 2 unspecified atom stereocenters. The Balaban J connectivity index is 0.00000220. The summed E-state index contributed by atoms with van der Waals surface area (Å²) >= 11 is 0. The van der Waals surface area contributed by atoms with Crippen molar-refractivity contribution in [2.24, 2.45) is 0 Å². The predicted molar refractivity (Wildman–Crippen MR) is 82.1 cm³/mol. The van der Waals surface area contributed by atoms with Crippen LogP contribution in [0.4, 0.5) is 0 Å².